The van der Waals surface area contributed by atoms with Crippen molar-refractivity contribution in [2.24, 2.45) is 17.7 Å². The molecule has 0 aliphatic heterocycles. The van der Waals surface area contributed by atoms with Crippen LogP contribution in [0.2, 0.25) is 0 Å². The van der Waals surface area contributed by atoms with Crippen LogP contribution in [0, 0.1) is 11.8 Å². The maximum Gasteiger partial charge on any atom is 0.309 e. The standard InChI is InChI=1S/C14H27NO3/c1-10-6-11(2)8-14(7-10,18-15)9-12(16)17-13(3,4)5/h10-11H,6-9,15H2,1-5H3. The van der Waals surface area contributed by atoms with E-state index in [0.717, 1.165) is 12.8 Å². The van der Waals surface area contributed by atoms with E-state index in [1.807, 2.05) is 20.8 Å². The maximum atomic E-state index is 11.9. The molecule has 0 spiro atoms. The van der Waals surface area contributed by atoms with Crippen LogP contribution in [0.4, 0.5) is 0 Å². The lowest BCUT2D eigenvalue weighted by atomic mass is 9.72. The zero-order valence-corrected chi connectivity index (χ0v) is 12.3. The molecule has 0 aromatic rings. The molecule has 0 bridgehead atoms. The number of carbonyl (C=O) groups is 1. The van der Waals surface area contributed by atoms with Crippen molar-refractivity contribution >= 4 is 5.97 Å². The molecule has 0 amide bonds. The third-order valence-corrected chi connectivity index (χ3v) is 3.38. The quantitative estimate of drug-likeness (QED) is 0.624. The predicted molar refractivity (Wildman–Crippen MR) is 70.6 cm³/mol. The molecule has 0 saturated heterocycles. The summed E-state index contributed by atoms with van der Waals surface area (Å²) < 4.78 is 5.36. The van der Waals surface area contributed by atoms with E-state index in [2.05, 4.69) is 13.8 Å². The van der Waals surface area contributed by atoms with Gasteiger partial charge in [0.05, 0.1) is 6.42 Å². The van der Waals surface area contributed by atoms with Gasteiger partial charge in [0.2, 0.25) is 0 Å². The smallest absolute Gasteiger partial charge is 0.309 e. The third-order valence-electron chi connectivity index (χ3n) is 3.38. The number of hydrogen-bond acceptors (Lipinski definition) is 4. The molecule has 106 valence electrons. The van der Waals surface area contributed by atoms with Crippen molar-refractivity contribution in [3.63, 3.8) is 0 Å². The molecule has 4 nitrogen and oxygen atoms in total. The molecule has 4 heteroatoms. The van der Waals surface area contributed by atoms with E-state index in [0.29, 0.717) is 11.8 Å². The summed E-state index contributed by atoms with van der Waals surface area (Å²) in [4.78, 5) is 17.2. The summed E-state index contributed by atoms with van der Waals surface area (Å²) in [6.07, 6.45) is 3.06. The highest BCUT2D eigenvalue weighted by Gasteiger charge is 2.41. The highest BCUT2D eigenvalue weighted by atomic mass is 16.6. The number of rotatable bonds is 3. The van der Waals surface area contributed by atoms with Gasteiger partial charge in [-0.2, -0.15) is 0 Å². The van der Waals surface area contributed by atoms with Crippen LogP contribution in [0.3, 0.4) is 0 Å². The summed E-state index contributed by atoms with van der Waals surface area (Å²) in [5.74, 6) is 6.29. The Morgan fingerprint density at radius 2 is 1.78 bits per heavy atom. The Kier molecular flexibility index (Phi) is 4.78. The van der Waals surface area contributed by atoms with Crippen LogP contribution >= 0.6 is 0 Å². The van der Waals surface area contributed by atoms with E-state index in [1.165, 1.54) is 6.42 Å². The second kappa shape index (κ2) is 5.57. The Morgan fingerprint density at radius 3 is 2.17 bits per heavy atom. The topological polar surface area (TPSA) is 61.5 Å². The fourth-order valence-corrected chi connectivity index (χ4v) is 3.13. The predicted octanol–water partition coefficient (Wildman–Crippen LogP) is 2.80. The highest BCUT2D eigenvalue weighted by Crippen LogP contribution is 2.40. The summed E-state index contributed by atoms with van der Waals surface area (Å²) in [7, 11) is 0. The summed E-state index contributed by atoms with van der Waals surface area (Å²) in [6, 6.07) is 0. The molecule has 2 unspecified atom stereocenters. The second-order valence-electron chi connectivity index (χ2n) is 6.92. The molecule has 18 heavy (non-hydrogen) atoms. The minimum atomic E-state index is -0.542. The first kappa shape index (κ1) is 15.4. The van der Waals surface area contributed by atoms with Crippen molar-refractivity contribution in [1.82, 2.24) is 0 Å². The summed E-state index contributed by atoms with van der Waals surface area (Å²) in [5.41, 5.74) is -1.00. The number of nitrogens with two attached hydrogens (primary N) is 1. The number of ether oxygens (including phenoxy) is 1. The Balaban J connectivity index is 2.68. The third kappa shape index (κ3) is 4.58. The molecule has 2 atom stereocenters. The van der Waals surface area contributed by atoms with Crippen LogP contribution < -0.4 is 5.90 Å². The summed E-state index contributed by atoms with van der Waals surface area (Å²) in [5, 5.41) is 0. The minimum Gasteiger partial charge on any atom is -0.460 e. The first-order chi connectivity index (χ1) is 8.16. The zero-order valence-electron chi connectivity index (χ0n) is 12.3. The summed E-state index contributed by atoms with van der Waals surface area (Å²) in [6.45, 7) is 9.96. The van der Waals surface area contributed by atoms with Crippen LogP contribution in [-0.2, 0) is 14.4 Å². The molecule has 1 saturated carbocycles. The SMILES string of the molecule is CC1CC(C)CC(CC(=O)OC(C)(C)C)(ON)C1. The van der Waals surface area contributed by atoms with E-state index in [4.69, 9.17) is 15.5 Å². The fourth-order valence-electron chi connectivity index (χ4n) is 3.13. The van der Waals surface area contributed by atoms with Crippen molar-refractivity contribution in [2.45, 2.75) is 71.5 Å². The van der Waals surface area contributed by atoms with Gasteiger partial charge in [0, 0.05) is 0 Å². The van der Waals surface area contributed by atoms with Gasteiger partial charge < -0.3 is 4.74 Å². The van der Waals surface area contributed by atoms with Crippen LogP contribution in [-0.4, -0.2) is 17.2 Å². The number of hydrogen-bond donors (Lipinski definition) is 1. The van der Waals surface area contributed by atoms with Gasteiger partial charge in [0.25, 0.3) is 0 Å². The van der Waals surface area contributed by atoms with Crippen LogP contribution in [0.5, 0.6) is 0 Å². The molecule has 1 aliphatic rings. The molecule has 0 radical (unpaired) electrons. The van der Waals surface area contributed by atoms with Gasteiger partial charge in [-0.05, 0) is 51.9 Å². The molecule has 1 aliphatic carbocycles. The maximum absolute atomic E-state index is 11.9. The van der Waals surface area contributed by atoms with Gasteiger partial charge in [-0.1, -0.05) is 13.8 Å². The van der Waals surface area contributed by atoms with Crippen molar-refractivity contribution in [1.29, 1.82) is 0 Å². The number of carbonyl (C=O) groups excluding carboxylic acids is 1. The van der Waals surface area contributed by atoms with Crippen LogP contribution in [0.25, 0.3) is 0 Å². The molecule has 1 rings (SSSR count). The Hall–Kier alpha value is -0.610. The Labute approximate surface area is 110 Å². The van der Waals surface area contributed by atoms with Crippen molar-refractivity contribution < 1.29 is 14.4 Å². The van der Waals surface area contributed by atoms with Gasteiger partial charge in [0.1, 0.15) is 11.2 Å². The van der Waals surface area contributed by atoms with Crippen molar-refractivity contribution in [3.05, 3.63) is 0 Å². The molecule has 1 fully saturated rings. The highest BCUT2D eigenvalue weighted by molar-refractivity contribution is 5.71. The van der Waals surface area contributed by atoms with Gasteiger partial charge in [-0.25, -0.2) is 5.90 Å². The molecule has 2 N–H and O–H groups in total. The zero-order chi connectivity index (χ0) is 14.0. The molecule has 0 aromatic heterocycles. The molecular weight excluding hydrogens is 230 g/mol. The van der Waals surface area contributed by atoms with Crippen LogP contribution in [0.15, 0.2) is 0 Å². The Morgan fingerprint density at radius 1 is 1.28 bits per heavy atom. The molecule has 0 heterocycles. The van der Waals surface area contributed by atoms with Gasteiger partial charge in [0.15, 0.2) is 0 Å². The normalized spacial score (nSPS) is 33.2. The van der Waals surface area contributed by atoms with Gasteiger partial charge in [-0.15, -0.1) is 0 Å². The lowest BCUT2D eigenvalue weighted by molar-refractivity contribution is -0.168. The van der Waals surface area contributed by atoms with E-state index >= 15 is 0 Å². The largest absolute Gasteiger partial charge is 0.460 e. The average molecular weight is 257 g/mol. The van der Waals surface area contributed by atoms with E-state index < -0.39 is 11.2 Å². The van der Waals surface area contributed by atoms with Crippen LogP contribution in [0.1, 0.15) is 60.3 Å². The van der Waals surface area contributed by atoms with E-state index in [1.54, 1.807) is 0 Å². The van der Waals surface area contributed by atoms with Crippen molar-refractivity contribution in [3.8, 4) is 0 Å². The lowest BCUT2D eigenvalue weighted by Crippen LogP contribution is -2.45. The van der Waals surface area contributed by atoms with E-state index in [-0.39, 0.29) is 12.4 Å². The van der Waals surface area contributed by atoms with Crippen molar-refractivity contribution in [2.75, 3.05) is 0 Å². The lowest BCUT2D eigenvalue weighted by Gasteiger charge is -2.40. The average Bonchev–Trinajstić information content (AvgIpc) is 2.12. The molecular formula is C14H27NO3. The van der Waals surface area contributed by atoms with Gasteiger partial charge in [-0.3, -0.25) is 9.63 Å². The monoisotopic (exact) mass is 257 g/mol. The minimum absolute atomic E-state index is 0.228. The second-order valence-corrected chi connectivity index (χ2v) is 6.92. The van der Waals surface area contributed by atoms with E-state index in [9.17, 15) is 4.79 Å². The summed E-state index contributed by atoms with van der Waals surface area (Å²) >= 11 is 0. The Bertz CT molecular complexity index is 286. The first-order valence-electron chi connectivity index (χ1n) is 6.75. The first-order valence-corrected chi connectivity index (χ1v) is 6.75. The van der Waals surface area contributed by atoms with Gasteiger partial charge >= 0.3 is 5.97 Å². The molecule has 0 aromatic carbocycles. The number of esters is 1. The fraction of sp³-hybridized carbons (Fsp3) is 0.929.